The standard InChI is InChI=1S/C21H26N6O3.CH2O2/c1-2-3-17-10-18(26-30-17)21(29)25-15-6-4-14(5-7-15)20(28)24-12-16-11-23-19-13-22-8-9-27(16)19;2-1-3/h8-11,13-15H,2-7,12H2,1H3,(H,24,28)(H,25,29);1H,(H,2,3). The van der Waals surface area contributed by atoms with Gasteiger partial charge in [0.2, 0.25) is 5.91 Å². The van der Waals surface area contributed by atoms with Crippen LogP contribution in [-0.2, 0) is 22.6 Å². The second-order valence-corrected chi connectivity index (χ2v) is 7.83. The van der Waals surface area contributed by atoms with Crippen molar-refractivity contribution in [3.8, 4) is 0 Å². The zero-order valence-electron chi connectivity index (χ0n) is 18.4. The minimum atomic E-state index is -0.250. The lowest BCUT2D eigenvalue weighted by atomic mass is 9.85. The lowest BCUT2D eigenvalue weighted by Gasteiger charge is -2.28. The number of nitrogens with zero attached hydrogens (tertiary/aromatic N) is 4. The molecule has 3 N–H and O–H groups in total. The molecule has 0 saturated heterocycles. The predicted octanol–water partition coefficient (Wildman–Crippen LogP) is 1.98. The number of aryl methyl sites for hydroxylation is 1. The summed E-state index contributed by atoms with van der Waals surface area (Å²) >= 11 is 0. The number of carboxylic acid groups (broad SMARTS) is 1. The lowest BCUT2D eigenvalue weighted by Crippen LogP contribution is -2.41. The smallest absolute Gasteiger partial charge is 0.290 e. The number of nitrogens with one attached hydrogen (secondary N) is 2. The van der Waals surface area contributed by atoms with E-state index in [2.05, 4.69) is 25.8 Å². The van der Waals surface area contributed by atoms with Gasteiger partial charge in [0.05, 0.1) is 24.6 Å². The van der Waals surface area contributed by atoms with Crippen LogP contribution in [0, 0.1) is 5.92 Å². The van der Waals surface area contributed by atoms with Gasteiger partial charge in [0.15, 0.2) is 11.3 Å². The first-order valence-corrected chi connectivity index (χ1v) is 10.9. The molecule has 2 amide bonds. The van der Waals surface area contributed by atoms with E-state index < -0.39 is 0 Å². The van der Waals surface area contributed by atoms with Gasteiger partial charge < -0.3 is 20.3 Å². The fourth-order valence-corrected chi connectivity index (χ4v) is 3.89. The highest BCUT2D eigenvalue weighted by molar-refractivity contribution is 5.92. The second kappa shape index (κ2) is 11.7. The van der Waals surface area contributed by atoms with Crippen molar-refractivity contribution in [3.05, 3.63) is 48.0 Å². The monoisotopic (exact) mass is 456 g/mol. The van der Waals surface area contributed by atoms with E-state index in [1.807, 2.05) is 17.5 Å². The van der Waals surface area contributed by atoms with E-state index in [0.29, 0.717) is 12.2 Å². The molecule has 3 aromatic heterocycles. The van der Waals surface area contributed by atoms with Gasteiger partial charge in [-0.25, -0.2) is 4.98 Å². The molecular weight excluding hydrogens is 428 g/mol. The highest BCUT2D eigenvalue weighted by Crippen LogP contribution is 2.25. The fourth-order valence-electron chi connectivity index (χ4n) is 3.89. The Bertz CT molecular complexity index is 1070. The number of fused-ring (bicyclic) bond motifs is 1. The molecule has 1 aliphatic carbocycles. The summed E-state index contributed by atoms with van der Waals surface area (Å²) in [6.45, 7) is 2.22. The number of carbonyl (C=O) groups excluding carboxylic acids is 2. The van der Waals surface area contributed by atoms with Crippen molar-refractivity contribution in [1.82, 2.24) is 30.2 Å². The number of rotatable bonds is 7. The summed E-state index contributed by atoms with van der Waals surface area (Å²) in [6.07, 6.45) is 11.7. The summed E-state index contributed by atoms with van der Waals surface area (Å²) < 4.78 is 7.09. The van der Waals surface area contributed by atoms with Gasteiger partial charge in [0, 0.05) is 36.8 Å². The third kappa shape index (κ3) is 6.37. The van der Waals surface area contributed by atoms with Crippen LogP contribution in [-0.4, -0.2) is 49.0 Å². The summed E-state index contributed by atoms with van der Waals surface area (Å²) in [4.78, 5) is 41.6. The molecule has 0 atom stereocenters. The van der Waals surface area contributed by atoms with Gasteiger partial charge >= 0.3 is 0 Å². The molecule has 0 radical (unpaired) electrons. The maximum atomic E-state index is 12.6. The number of aromatic nitrogens is 4. The fraction of sp³-hybridized carbons (Fsp3) is 0.455. The summed E-state index contributed by atoms with van der Waals surface area (Å²) in [5.41, 5.74) is 1.99. The van der Waals surface area contributed by atoms with Crippen LogP contribution in [0.25, 0.3) is 5.65 Å². The maximum absolute atomic E-state index is 12.6. The van der Waals surface area contributed by atoms with Crippen molar-refractivity contribution < 1.29 is 24.0 Å². The molecule has 1 aliphatic rings. The SMILES string of the molecule is CCCc1cc(C(=O)NC2CCC(C(=O)NCc3cnc4cnccn34)CC2)no1.O=CO. The van der Waals surface area contributed by atoms with Crippen molar-refractivity contribution in [2.24, 2.45) is 5.92 Å². The molecule has 11 nitrogen and oxygen atoms in total. The molecule has 3 heterocycles. The van der Waals surface area contributed by atoms with E-state index in [1.165, 1.54) is 0 Å². The minimum Gasteiger partial charge on any atom is -0.483 e. The van der Waals surface area contributed by atoms with E-state index in [0.717, 1.165) is 55.6 Å². The normalized spacial score (nSPS) is 17.6. The molecule has 1 saturated carbocycles. The van der Waals surface area contributed by atoms with Crippen LogP contribution >= 0.6 is 0 Å². The van der Waals surface area contributed by atoms with Gasteiger partial charge in [-0.1, -0.05) is 12.1 Å². The average molecular weight is 457 g/mol. The predicted molar refractivity (Wildman–Crippen MR) is 117 cm³/mol. The van der Waals surface area contributed by atoms with E-state index in [1.54, 1.807) is 24.7 Å². The molecule has 4 rings (SSSR count). The Morgan fingerprint density at radius 2 is 2.03 bits per heavy atom. The number of hydrogen-bond acceptors (Lipinski definition) is 7. The molecule has 176 valence electrons. The van der Waals surface area contributed by atoms with Gasteiger partial charge in [0.25, 0.3) is 12.4 Å². The summed E-state index contributed by atoms with van der Waals surface area (Å²) in [6, 6.07) is 1.76. The van der Waals surface area contributed by atoms with Crippen molar-refractivity contribution >= 4 is 23.9 Å². The first-order valence-electron chi connectivity index (χ1n) is 10.9. The third-order valence-corrected chi connectivity index (χ3v) is 5.56. The molecule has 0 spiro atoms. The zero-order chi connectivity index (χ0) is 23.6. The van der Waals surface area contributed by atoms with Crippen LogP contribution in [0.2, 0.25) is 0 Å². The Labute approximate surface area is 190 Å². The van der Waals surface area contributed by atoms with Crippen LogP contribution in [0.3, 0.4) is 0 Å². The topological polar surface area (TPSA) is 152 Å². The first kappa shape index (κ1) is 23.9. The zero-order valence-corrected chi connectivity index (χ0v) is 18.4. The van der Waals surface area contributed by atoms with Crippen molar-refractivity contribution in [2.45, 2.75) is 58.0 Å². The Hall–Kier alpha value is -3.76. The van der Waals surface area contributed by atoms with Gasteiger partial charge in [-0.05, 0) is 32.1 Å². The van der Waals surface area contributed by atoms with Crippen LogP contribution in [0.15, 0.2) is 35.4 Å². The van der Waals surface area contributed by atoms with E-state index in [4.69, 9.17) is 14.4 Å². The van der Waals surface area contributed by atoms with E-state index in [9.17, 15) is 9.59 Å². The summed E-state index contributed by atoms with van der Waals surface area (Å²) in [5.74, 6) is 0.521. The van der Waals surface area contributed by atoms with Crippen LogP contribution in [0.5, 0.6) is 0 Å². The Morgan fingerprint density at radius 3 is 2.76 bits per heavy atom. The number of carbonyl (C=O) groups is 3. The molecule has 3 aromatic rings. The van der Waals surface area contributed by atoms with Gasteiger partial charge in [-0.15, -0.1) is 0 Å². The van der Waals surface area contributed by atoms with Crippen molar-refractivity contribution in [2.75, 3.05) is 0 Å². The van der Waals surface area contributed by atoms with Crippen LogP contribution < -0.4 is 10.6 Å². The lowest BCUT2D eigenvalue weighted by molar-refractivity contribution is -0.126. The minimum absolute atomic E-state index is 0.0396. The quantitative estimate of drug-likeness (QED) is 0.456. The molecular formula is C22H28N6O5. The second-order valence-electron chi connectivity index (χ2n) is 7.83. The number of amides is 2. The summed E-state index contributed by atoms with van der Waals surface area (Å²) in [7, 11) is 0. The Kier molecular flexibility index (Phi) is 8.50. The highest BCUT2D eigenvalue weighted by atomic mass is 16.5. The van der Waals surface area contributed by atoms with E-state index in [-0.39, 0.29) is 30.2 Å². The van der Waals surface area contributed by atoms with Crippen LogP contribution in [0.1, 0.15) is 61.0 Å². The third-order valence-electron chi connectivity index (χ3n) is 5.56. The highest BCUT2D eigenvalue weighted by Gasteiger charge is 2.28. The van der Waals surface area contributed by atoms with E-state index >= 15 is 0 Å². The average Bonchev–Trinajstić information content (AvgIpc) is 3.46. The number of hydrogen-bond donors (Lipinski definition) is 3. The van der Waals surface area contributed by atoms with Gasteiger partial charge in [-0.2, -0.15) is 0 Å². The van der Waals surface area contributed by atoms with Crippen LogP contribution in [0.4, 0.5) is 0 Å². The Balaban J connectivity index is 0.000000968. The Morgan fingerprint density at radius 1 is 1.27 bits per heavy atom. The van der Waals surface area contributed by atoms with Gasteiger partial charge in [-0.3, -0.25) is 23.8 Å². The van der Waals surface area contributed by atoms with Crippen molar-refractivity contribution in [3.63, 3.8) is 0 Å². The van der Waals surface area contributed by atoms with Gasteiger partial charge in [0.1, 0.15) is 5.76 Å². The maximum Gasteiger partial charge on any atom is 0.290 e. The first-order chi connectivity index (χ1) is 16.0. The number of imidazole rings is 1. The molecule has 33 heavy (non-hydrogen) atoms. The molecule has 0 unspecified atom stereocenters. The molecule has 1 fully saturated rings. The molecule has 11 heteroatoms. The van der Waals surface area contributed by atoms with Crippen molar-refractivity contribution in [1.29, 1.82) is 0 Å². The molecule has 0 aromatic carbocycles. The molecule has 0 bridgehead atoms. The summed E-state index contributed by atoms with van der Waals surface area (Å²) in [5, 5.41) is 16.8. The molecule has 0 aliphatic heterocycles. The largest absolute Gasteiger partial charge is 0.483 e.